The predicted octanol–water partition coefficient (Wildman–Crippen LogP) is 1.60. The average molecular weight is 227 g/mol. The van der Waals surface area contributed by atoms with Crippen molar-refractivity contribution in [3.05, 3.63) is 11.7 Å². The molecule has 0 spiro atoms. The van der Waals surface area contributed by atoms with Crippen LogP contribution in [0.3, 0.4) is 0 Å². The number of rotatable bonds is 5. The van der Waals surface area contributed by atoms with Gasteiger partial charge in [-0.25, -0.2) is 0 Å². The lowest BCUT2D eigenvalue weighted by Gasteiger charge is -2.39. The highest BCUT2D eigenvalue weighted by Gasteiger charge is 2.37. The van der Waals surface area contributed by atoms with Crippen LogP contribution in [-0.4, -0.2) is 22.9 Å². The summed E-state index contributed by atoms with van der Waals surface area (Å²) in [7, 11) is 0. The summed E-state index contributed by atoms with van der Waals surface area (Å²) in [6.45, 7) is 0.729. The van der Waals surface area contributed by atoms with Gasteiger partial charge in [-0.1, -0.05) is 11.6 Å². The fourth-order valence-electron chi connectivity index (χ4n) is 2.00. The largest absolute Gasteiger partial charge is 0.339 e. The van der Waals surface area contributed by atoms with Crippen LogP contribution in [0.1, 0.15) is 31.0 Å². The summed E-state index contributed by atoms with van der Waals surface area (Å²) in [6.07, 6.45) is 6.56. The maximum Gasteiger partial charge on any atom is 0.227 e. The van der Waals surface area contributed by atoms with Crippen LogP contribution in [-0.2, 0) is 12.2 Å². The van der Waals surface area contributed by atoms with E-state index in [1.54, 1.807) is 11.8 Å². The Morgan fingerprint density at radius 2 is 2.33 bits per heavy atom. The second-order valence-corrected chi connectivity index (χ2v) is 5.14. The molecule has 1 saturated carbocycles. The molecule has 1 aliphatic rings. The van der Waals surface area contributed by atoms with E-state index in [1.165, 1.54) is 19.3 Å². The monoisotopic (exact) mass is 227 g/mol. The van der Waals surface area contributed by atoms with Crippen molar-refractivity contribution in [2.45, 2.75) is 31.4 Å². The van der Waals surface area contributed by atoms with Crippen molar-refractivity contribution in [1.82, 2.24) is 10.1 Å². The maximum atomic E-state index is 5.79. The molecule has 1 fully saturated rings. The van der Waals surface area contributed by atoms with E-state index in [0.29, 0.717) is 0 Å². The maximum absolute atomic E-state index is 5.79. The minimum atomic E-state index is 0.253. The van der Waals surface area contributed by atoms with Crippen molar-refractivity contribution in [3.8, 4) is 0 Å². The first-order chi connectivity index (χ1) is 7.28. The van der Waals surface area contributed by atoms with E-state index >= 15 is 0 Å². The Morgan fingerprint density at radius 1 is 1.53 bits per heavy atom. The van der Waals surface area contributed by atoms with Crippen LogP contribution in [0.5, 0.6) is 0 Å². The van der Waals surface area contributed by atoms with Crippen LogP contribution in [0.2, 0.25) is 0 Å². The molecule has 1 aliphatic carbocycles. The number of nitrogens with two attached hydrogens (primary N) is 1. The molecule has 0 bridgehead atoms. The van der Waals surface area contributed by atoms with E-state index < -0.39 is 0 Å². The van der Waals surface area contributed by atoms with Crippen LogP contribution in [0, 0.1) is 5.41 Å². The molecular weight excluding hydrogens is 210 g/mol. The van der Waals surface area contributed by atoms with Crippen molar-refractivity contribution in [3.63, 3.8) is 0 Å². The summed E-state index contributed by atoms with van der Waals surface area (Å²) >= 11 is 1.70. The Hall–Kier alpha value is -0.550. The van der Waals surface area contributed by atoms with Gasteiger partial charge in [0.05, 0.1) is 5.75 Å². The number of hydrogen-bond acceptors (Lipinski definition) is 5. The molecule has 1 aromatic rings. The lowest BCUT2D eigenvalue weighted by Crippen LogP contribution is -2.39. The molecule has 0 atom stereocenters. The molecule has 0 amide bonds. The van der Waals surface area contributed by atoms with Gasteiger partial charge in [0.15, 0.2) is 5.82 Å². The highest BCUT2D eigenvalue weighted by Crippen LogP contribution is 2.42. The summed E-state index contributed by atoms with van der Waals surface area (Å²) in [4.78, 5) is 4.36. The van der Waals surface area contributed by atoms with Gasteiger partial charge in [-0.15, -0.1) is 0 Å². The molecule has 0 radical (unpaired) electrons. The molecule has 4 nitrogen and oxygen atoms in total. The zero-order valence-corrected chi connectivity index (χ0v) is 9.85. The van der Waals surface area contributed by atoms with Gasteiger partial charge in [0, 0.05) is 6.42 Å². The van der Waals surface area contributed by atoms with E-state index in [9.17, 15) is 0 Å². The summed E-state index contributed by atoms with van der Waals surface area (Å²) in [5, 5.41) is 3.94. The fraction of sp³-hybridized carbons (Fsp3) is 0.800. The zero-order valence-electron chi connectivity index (χ0n) is 9.03. The van der Waals surface area contributed by atoms with Crippen molar-refractivity contribution in [2.24, 2.45) is 11.1 Å². The topological polar surface area (TPSA) is 64.9 Å². The second-order valence-electron chi connectivity index (χ2n) is 4.27. The van der Waals surface area contributed by atoms with Crippen molar-refractivity contribution in [1.29, 1.82) is 0 Å². The van der Waals surface area contributed by atoms with Crippen LogP contribution >= 0.6 is 11.8 Å². The third-order valence-electron chi connectivity index (χ3n) is 3.16. The standard InChI is InChI=1S/C10H17N3OS/c1-15-6-8-12-9(14-13-8)5-10(7-11)3-2-4-10/h2-7,11H2,1H3. The van der Waals surface area contributed by atoms with Gasteiger partial charge in [-0.3, -0.25) is 0 Å². The van der Waals surface area contributed by atoms with Crippen molar-refractivity contribution in [2.75, 3.05) is 12.8 Å². The Bertz CT molecular complexity index is 317. The van der Waals surface area contributed by atoms with Gasteiger partial charge < -0.3 is 10.3 Å². The quantitative estimate of drug-likeness (QED) is 0.827. The Labute approximate surface area is 94.0 Å². The smallest absolute Gasteiger partial charge is 0.227 e. The Kier molecular flexibility index (Phi) is 3.31. The molecule has 0 aromatic carbocycles. The van der Waals surface area contributed by atoms with Gasteiger partial charge in [0.2, 0.25) is 5.89 Å². The summed E-state index contributed by atoms with van der Waals surface area (Å²) in [5.74, 6) is 2.37. The van der Waals surface area contributed by atoms with Gasteiger partial charge in [0.1, 0.15) is 0 Å². The minimum Gasteiger partial charge on any atom is -0.339 e. The van der Waals surface area contributed by atoms with Crippen LogP contribution in [0.25, 0.3) is 0 Å². The van der Waals surface area contributed by atoms with E-state index in [1.807, 2.05) is 6.26 Å². The number of nitrogens with zero attached hydrogens (tertiary/aromatic N) is 2. The van der Waals surface area contributed by atoms with Gasteiger partial charge in [-0.05, 0) is 31.1 Å². The third-order valence-corrected chi connectivity index (χ3v) is 3.70. The Balaban J connectivity index is 1.97. The van der Waals surface area contributed by atoms with Gasteiger partial charge in [0.25, 0.3) is 0 Å². The van der Waals surface area contributed by atoms with E-state index in [0.717, 1.165) is 30.4 Å². The SMILES string of the molecule is CSCc1noc(CC2(CN)CCC2)n1. The van der Waals surface area contributed by atoms with Crippen LogP contribution in [0.4, 0.5) is 0 Å². The molecule has 2 N–H and O–H groups in total. The number of aromatic nitrogens is 2. The number of hydrogen-bond donors (Lipinski definition) is 1. The molecule has 1 aromatic heterocycles. The van der Waals surface area contributed by atoms with Crippen LogP contribution in [0.15, 0.2) is 4.52 Å². The fourth-order valence-corrected chi connectivity index (χ4v) is 2.38. The molecular formula is C10H17N3OS. The first-order valence-corrected chi connectivity index (χ1v) is 6.68. The highest BCUT2D eigenvalue weighted by molar-refractivity contribution is 7.97. The molecule has 1 heterocycles. The molecule has 0 aliphatic heterocycles. The minimum absolute atomic E-state index is 0.253. The molecule has 84 valence electrons. The first-order valence-electron chi connectivity index (χ1n) is 5.28. The van der Waals surface area contributed by atoms with Crippen molar-refractivity contribution >= 4 is 11.8 Å². The Morgan fingerprint density at radius 3 is 2.87 bits per heavy atom. The highest BCUT2D eigenvalue weighted by atomic mass is 32.2. The predicted molar refractivity (Wildman–Crippen MR) is 60.6 cm³/mol. The molecule has 0 unspecified atom stereocenters. The third kappa shape index (κ3) is 2.34. The van der Waals surface area contributed by atoms with Crippen molar-refractivity contribution < 1.29 is 4.52 Å². The zero-order chi connectivity index (χ0) is 10.7. The lowest BCUT2D eigenvalue weighted by molar-refractivity contribution is 0.129. The summed E-state index contributed by atoms with van der Waals surface area (Å²) in [6, 6.07) is 0. The van der Waals surface area contributed by atoms with Gasteiger partial charge >= 0.3 is 0 Å². The summed E-state index contributed by atoms with van der Waals surface area (Å²) in [5.41, 5.74) is 6.04. The second kappa shape index (κ2) is 4.53. The molecule has 5 heteroatoms. The molecule has 2 rings (SSSR count). The first kappa shape index (κ1) is 11.0. The molecule has 15 heavy (non-hydrogen) atoms. The van der Waals surface area contributed by atoms with E-state index in [2.05, 4.69) is 10.1 Å². The average Bonchev–Trinajstić information content (AvgIpc) is 2.60. The lowest BCUT2D eigenvalue weighted by atomic mass is 9.67. The van der Waals surface area contributed by atoms with E-state index in [-0.39, 0.29) is 5.41 Å². The van der Waals surface area contributed by atoms with Gasteiger partial charge in [-0.2, -0.15) is 16.7 Å². The van der Waals surface area contributed by atoms with E-state index in [4.69, 9.17) is 10.3 Å². The summed E-state index contributed by atoms with van der Waals surface area (Å²) < 4.78 is 5.22. The normalized spacial score (nSPS) is 18.8. The molecule has 0 saturated heterocycles. The van der Waals surface area contributed by atoms with Crippen LogP contribution < -0.4 is 5.73 Å². The number of thioether (sulfide) groups is 1.